The van der Waals surface area contributed by atoms with Crippen LogP contribution in [0.15, 0.2) is 491 Å². The Morgan fingerprint density at radius 1 is 0.256 bits per heavy atom. The molecule has 0 saturated heterocycles. The lowest BCUT2D eigenvalue weighted by Crippen LogP contribution is -2.28. The third kappa shape index (κ3) is 12.8. The molecular weight excluding hydrogens is 1560 g/mol. The van der Waals surface area contributed by atoms with Gasteiger partial charge in [0.2, 0.25) is 0 Å². The van der Waals surface area contributed by atoms with Crippen molar-refractivity contribution in [2.75, 3.05) is 9.80 Å². The Balaban J connectivity index is 0.746. The van der Waals surface area contributed by atoms with Gasteiger partial charge in [0.1, 0.15) is 0 Å². The fourth-order valence-corrected chi connectivity index (χ4v) is 21.5. The molecule has 2 aliphatic rings. The summed E-state index contributed by atoms with van der Waals surface area (Å²) in [7, 11) is 0. The molecule has 0 bridgehead atoms. The van der Waals surface area contributed by atoms with Crippen molar-refractivity contribution in [1.82, 2.24) is 9.13 Å². The fraction of sp³-hybridized carbons (Fsp3) is 0.0400. The molecule has 2 aliphatic carbocycles. The summed E-state index contributed by atoms with van der Waals surface area (Å²) < 4.78 is 4.88. The zero-order chi connectivity index (χ0) is 86.3. The van der Waals surface area contributed by atoms with Gasteiger partial charge >= 0.3 is 0 Å². The molecule has 4 heteroatoms. The molecule has 610 valence electrons. The average molecular weight is 1650 g/mol. The second-order valence-corrected chi connectivity index (χ2v) is 34.5. The minimum atomic E-state index is -0.831. The highest BCUT2D eigenvalue weighted by atomic mass is 15.2. The number of allylic oxidation sites excluding steroid dienone is 5. The van der Waals surface area contributed by atoms with Crippen LogP contribution in [0.1, 0.15) is 54.2 Å². The standard InChI is InChI=1S/C125H90N4/c1-5-6-64-110-84(2)98-75-72-97(83-113(98)124(110,3)4)126(118-68-37-62-101(87-44-18-9-19-45-87)121(118)104-59-30-28-56-99(104)85-40-14-7-15-41-85)95-73-77-117-109(81-95)107-80-90(71-76-115(107)128(117)94-54-26-13-27-55-94)89-48-36-51-92(79-89)125(91-49-22-11-23-50-91)111-65-34-32-61-106(111)123-112(125)66-39-70-120(123)129(96-74-78-116-108(82-96)103-58-33-35-67-114(103)127(116)93-52-24-12-25-53-93)119-69-38-63-102(88-46-20-10-21-47-88)122(119)105-60-31-29-57-100(105)86-42-16-8-17-43-86/h5-83H,1H2,2-4H3/b64-6-. The highest BCUT2D eigenvalue weighted by molar-refractivity contribution is 6.15. The molecule has 0 radical (unpaired) electrons. The normalized spacial score (nSPS) is 13.8. The highest BCUT2D eigenvalue weighted by Crippen LogP contribution is 2.62. The van der Waals surface area contributed by atoms with Crippen LogP contribution >= 0.6 is 0 Å². The molecule has 2 aromatic heterocycles. The Morgan fingerprint density at radius 3 is 1.20 bits per heavy atom. The predicted octanol–water partition coefficient (Wildman–Crippen LogP) is 33.7. The van der Waals surface area contributed by atoms with Crippen molar-refractivity contribution in [2.45, 2.75) is 31.6 Å². The van der Waals surface area contributed by atoms with Crippen molar-refractivity contribution in [1.29, 1.82) is 0 Å². The summed E-state index contributed by atoms with van der Waals surface area (Å²) in [6, 6.07) is 172. The van der Waals surface area contributed by atoms with Crippen molar-refractivity contribution in [3.8, 4) is 100 Å². The number of nitrogens with zero attached hydrogens (tertiary/aromatic N) is 4. The molecule has 0 spiro atoms. The van der Waals surface area contributed by atoms with E-state index in [9.17, 15) is 0 Å². The van der Waals surface area contributed by atoms with Crippen LogP contribution < -0.4 is 9.80 Å². The van der Waals surface area contributed by atoms with Gasteiger partial charge in [0, 0.05) is 72.1 Å². The monoisotopic (exact) mass is 1650 g/mol. The van der Waals surface area contributed by atoms with E-state index < -0.39 is 5.41 Å². The molecule has 4 nitrogen and oxygen atoms in total. The molecule has 0 N–H and O–H groups in total. The first-order valence-electron chi connectivity index (χ1n) is 44.7. The Hall–Kier alpha value is -16.4. The first-order valence-corrected chi connectivity index (χ1v) is 44.7. The first kappa shape index (κ1) is 77.4. The summed E-state index contributed by atoms with van der Waals surface area (Å²) in [5.74, 6) is 0. The van der Waals surface area contributed by atoms with Gasteiger partial charge in [-0.05, 0) is 239 Å². The maximum absolute atomic E-state index is 4.10. The van der Waals surface area contributed by atoms with Gasteiger partial charge in [-0.25, -0.2) is 0 Å². The largest absolute Gasteiger partial charge is 0.310 e. The zero-order valence-corrected chi connectivity index (χ0v) is 72.1. The molecule has 1 unspecified atom stereocenters. The lowest BCUT2D eigenvalue weighted by Gasteiger charge is -2.35. The molecular formula is C125H90N4. The van der Waals surface area contributed by atoms with Gasteiger partial charge in [0.05, 0.1) is 44.5 Å². The quantitative estimate of drug-likeness (QED) is 0.0750. The van der Waals surface area contributed by atoms with Crippen molar-refractivity contribution in [2.24, 2.45) is 0 Å². The summed E-state index contributed by atoms with van der Waals surface area (Å²) in [4.78, 5) is 5.15. The van der Waals surface area contributed by atoms with E-state index in [1.165, 1.54) is 61.0 Å². The number of rotatable bonds is 19. The molecule has 19 aromatic carbocycles. The first-order chi connectivity index (χ1) is 63.7. The summed E-state index contributed by atoms with van der Waals surface area (Å²) in [5, 5.41) is 4.62. The minimum absolute atomic E-state index is 0.313. The van der Waals surface area contributed by atoms with E-state index in [4.69, 9.17) is 0 Å². The summed E-state index contributed by atoms with van der Waals surface area (Å²) in [6.45, 7) is 11.1. The summed E-state index contributed by atoms with van der Waals surface area (Å²) in [6.07, 6.45) is 6.22. The van der Waals surface area contributed by atoms with Gasteiger partial charge in [-0.3, -0.25) is 0 Å². The molecule has 0 amide bonds. The van der Waals surface area contributed by atoms with E-state index in [1.54, 1.807) is 0 Å². The molecule has 0 fully saturated rings. The fourth-order valence-electron chi connectivity index (χ4n) is 21.5. The van der Waals surface area contributed by atoms with E-state index in [0.717, 1.165) is 162 Å². The molecule has 0 saturated carbocycles. The van der Waals surface area contributed by atoms with Gasteiger partial charge in [-0.1, -0.05) is 384 Å². The number of hydrogen-bond donors (Lipinski definition) is 0. The van der Waals surface area contributed by atoms with Gasteiger partial charge < -0.3 is 18.9 Å². The van der Waals surface area contributed by atoms with E-state index in [0.29, 0.717) is 0 Å². The molecule has 1 atom stereocenters. The number of aromatic nitrogens is 2. The number of para-hydroxylation sites is 3. The van der Waals surface area contributed by atoms with Crippen molar-refractivity contribution in [3.05, 3.63) is 525 Å². The van der Waals surface area contributed by atoms with Gasteiger partial charge in [0.15, 0.2) is 0 Å². The van der Waals surface area contributed by atoms with Crippen LogP contribution in [0.5, 0.6) is 0 Å². The van der Waals surface area contributed by atoms with Crippen LogP contribution in [0.25, 0.3) is 150 Å². The third-order valence-electron chi connectivity index (χ3n) is 27.2. The molecule has 2 heterocycles. The van der Waals surface area contributed by atoms with E-state index in [2.05, 4.69) is 519 Å². The van der Waals surface area contributed by atoms with Crippen molar-refractivity contribution in [3.63, 3.8) is 0 Å². The van der Waals surface area contributed by atoms with E-state index in [-0.39, 0.29) is 5.41 Å². The second kappa shape index (κ2) is 32.0. The molecule has 21 aromatic rings. The van der Waals surface area contributed by atoms with Gasteiger partial charge in [-0.15, -0.1) is 0 Å². The van der Waals surface area contributed by atoms with Gasteiger partial charge in [0.25, 0.3) is 0 Å². The predicted molar refractivity (Wildman–Crippen MR) is 545 cm³/mol. The van der Waals surface area contributed by atoms with Crippen LogP contribution in [0.4, 0.5) is 34.1 Å². The maximum Gasteiger partial charge on any atom is 0.0714 e. The van der Waals surface area contributed by atoms with Crippen LogP contribution in [0, 0.1) is 0 Å². The number of anilines is 6. The number of fused-ring (bicyclic) bond motifs is 10. The van der Waals surface area contributed by atoms with Crippen LogP contribution in [0.2, 0.25) is 0 Å². The maximum atomic E-state index is 4.10. The van der Waals surface area contributed by atoms with Crippen LogP contribution in [-0.2, 0) is 10.8 Å². The number of hydrogen-bond acceptors (Lipinski definition) is 2. The van der Waals surface area contributed by atoms with Gasteiger partial charge in [-0.2, -0.15) is 0 Å². The highest BCUT2D eigenvalue weighted by Gasteiger charge is 2.48. The molecule has 23 rings (SSSR count). The smallest absolute Gasteiger partial charge is 0.0714 e. The van der Waals surface area contributed by atoms with Crippen molar-refractivity contribution < 1.29 is 0 Å². The van der Waals surface area contributed by atoms with Crippen LogP contribution in [-0.4, -0.2) is 9.13 Å². The van der Waals surface area contributed by atoms with E-state index in [1.807, 2.05) is 6.08 Å². The minimum Gasteiger partial charge on any atom is -0.310 e. The van der Waals surface area contributed by atoms with Crippen LogP contribution in [0.3, 0.4) is 0 Å². The van der Waals surface area contributed by atoms with E-state index >= 15 is 0 Å². The molecule has 0 aliphatic heterocycles. The Bertz CT molecular complexity index is 8020. The lowest BCUT2D eigenvalue weighted by atomic mass is 9.67. The third-order valence-corrected chi connectivity index (χ3v) is 27.2. The summed E-state index contributed by atoms with van der Waals surface area (Å²) in [5.41, 5.74) is 40.0. The topological polar surface area (TPSA) is 16.3 Å². The average Bonchev–Trinajstić information content (AvgIpc) is 1.53. The summed E-state index contributed by atoms with van der Waals surface area (Å²) >= 11 is 0. The Kier molecular flexibility index (Phi) is 19.2. The lowest BCUT2D eigenvalue weighted by molar-refractivity contribution is 0.654. The number of benzene rings is 19. The Morgan fingerprint density at radius 2 is 0.636 bits per heavy atom. The SMILES string of the molecule is C=C/C=C\C1=C(C)c2ccc(N(c3ccc4c(c3)c3cc(-c5cccc(C6(c7ccccc7)c7ccccc7-c7c(N(c8ccc9c(c8)c8ccccc8n9-c8ccccc8)c8cccc(-c9ccccc9)c8-c8ccccc8-c8ccccc8)cccc76)c5)ccc3n4-c3ccccc3)c3cccc(-c4ccccc4)c3-c3ccccc3-c3ccccc3)cc2C1(C)C. The Labute approximate surface area is 753 Å². The zero-order valence-electron chi connectivity index (χ0n) is 72.1. The van der Waals surface area contributed by atoms with Crippen molar-refractivity contribution >= 4 is 83.3 Å². The second-order valence-electron chi connectivity index (χ2n) is 34.5. The molecule has 129 heavy (non-hydrogen) atoms.